The average Bonchev–Trinajstić information content (AvgIpc) is 3.12. The quantitative estimate of drug-likeness (QED) is 0.808. The number of rotatable bonds is 3. The van der Waals surface area contributed by atoms with Crippen molar-refractivity contribution in [2.75, 3.05) is 13.1 Å². The molecule has 1 aromatic heterocycles. The number of hydrogen-bond donors (Lipinski definition) is 1. The van der Waals surface area contributed by atoms with E-state index in [0.29, 0.717) is 24.5 Å². The largest absolute Gasteiger partial charge is 0.389 e. The lowest BCUT2D eigenvalue weighted by molar-refractivity contribution is -0.115. The first-order valence-electron chi connectivity index (χ1n) is 8.04. The van der Waals surface area contributed by atoms with Crippen molar-refractivity contribution < 1.29 is 14.4 Å². The van der Waals surface area contributed by atoms with Gasteiger partial charge in [-0.2, -0.15) is 0 Å². The summed E-state index contributed by atoms with van der Waals surface area (Å²) in [5, 5.41) is 6.81. The second-order valence-corrected chi connectivity index (χ2v) is 6.49. The Bertz CT molecular complexity index is 796. The van der Waals surface area contributed by atoms with Crippen LogP contribution in [-0.4, -0.2) is 52.2 Å². The van der Waals surface area contributed by atoms with E-state index in [1.807, 2.05) is 0 Å². The minimum Gasteiger partial charge on any atom is -0.389 e. The SMILES string of the molecule is Cn1c(C(=O)N2C[C@@H]3C(C(=O)NC4CC4)=NO[C@@H]3C2)cccc1=O. The highest BCUT2D eigenvalue weighted by Crippen LogP contribution is 2.29. The molecule has 0 aromatic carbocycles. The van der Waals surface area contributed by atoms with Gasteiger partial charge in [-0.05, 0) is 18.9 Å². The topological polar surface area (TPSA) is 93.0 Å². The van der Waals surface area contributed by atoms with Gasteiger partial charge in [0.25, 0.3) is 17.4 Å². The van der Waals surface area contributed by atoms with Crippen molar-refractivity contribution in [1.82, 2.24) is 14.8 Å². The Kier molecular flexibility index (Phi) is 3.40. The zero-order chi connectivity index (χ0) is 16.8. The van der Waals surface area contributed by atoms with Crippen molar-refractivity contribution in [2.45, 2.75) is 25.0 Å². The molecule has 2 atom stereocenters. The Morgan fingerprint density at radius 3 is 2.83 bits per heavy atom. The normalized spacial score (nSPS) is 25.0. The molecular formula is C16H18N4O4. The van der Waals surface area contributed by atoms with Crippen molar-refractivity contribution in [3.05, 3.63) is 34.2 Å². The summed E-state index contributed by atoms with van der Waals surface area (Å²) in [6, 6.07) is 4.84. The van der Waals surface area contributed by atoms with E-state index in [1.54, 1.807) is 24.1 Å². The third-order valence-electron chi connectivity index (χ3n) is 4.74. The van der Waals surface area contributed by atoms with Crippen molar-refractivity contribution in [1.29, 1.82) is 0 Å². The molecule has 0 unspecified atom stereocenters. The van der Waals surface area contributed by atoms with Gasteiger partial charge in [0.2, 0.25) is 0 Å². The molecule has 2 fully saturated rings. The van der Waals surface area contributed by atoms with E-state index in [1.165, 1.54) is 10.6 Å². The molecule has 1 aliphatic carbocycles. The van der Waals surface area contributed by atoms with Crippen molar-refractivity contribution in [3.63, 3.8) is 0 Å². The Hall–Kier alpha value is -2.64. The Morgan fingerprint density at radius 1 is 1.29 bits per heavy atom. The van der Waals surface area contributed by atoms with Crippen LogP contribution in [0.4, 0.5) is 0 Å². The maximum atomic E-state index is 12.7. The molecule has 1 N–H and O–H groups in total. The lowest BCUT2D eigenvalue weighted by Gasteiger charge is -2.18. The number of fused-ring (bicyclic) bond motifs is 1. The van der Waals surface area contributed by atoms with E-state index >= 15 is 0 Å². The number of carbonyl (C=O) groups is 2. The first-order chi connectivity index (χ1) is 11.5. The number of likely N-dealkylation sites (tertiary alicyclic amines) is 1. The van der Waals surface area contributed by atoms with Crippen LogP contribution in [0.15, 0.2) is 28.1 Å². The van der Waals surface area contributed by atoms with Crippen LogP contribution < -0.4 is 10.9 Å². The van der Waals surface area contributed by atoms with E-state index in [4.69, 9.17) is 4.84 Å². The first-order valence-corrected chi connectivity index (χ1v) is 8.04. The molecule has 2 amide bonds. The van der Waals surface area contributed by atoms with Gasteiger partial charge in [0.15, 0.2) is 11.8 Å². The second-order valence-electron chi connectivity index (χ2n) is 6.49. The first kappa shape index (κ1) is 14.9. The van der Waals surface area contributed by atoms with Gasteiger partial charge < -0.3 is 19.6 Å². The summed E-state index contributed by atoms with van der Waals surface area (Å²) in [6.07, 6.45) is 1.70. The summed E-state index contributed by atoms with van der Waals surface area (Å²) in [7, 11) is 1.57. The molecule has 1 aromatic rings. The third kappa shape index (κ3) is 2.47. The van der Waals surface area contributed by atoms with Crippen molar-refractivity contribution in [3.8, 4) is 0 Å². The highest BCUT2D eigenvalue weighted by molar-refractivity contribution is 6.40. The molecule has 4 rings (SSSR count). The fourth-order valence-corrected chi connectivity index (χ4v) is 3.14. The van der Waals surface area contributed by atoms with E-state index in [9.17, 15) is 14.4 Å². The van der Waals surface area contributed by atoms with Crippen LogP contribution in [0.2, 0.25) is 0 Å². The summed E-state index contributed by atoms with van der Waals surface area (Å²) in [5.41, 5.74) is 0.454. The molecule has 8 nitrogen and oxygen atoms in total. The van der Waals surface area contributed by atoms with Gasteiger partial charge in [-0.25, -0.2) is 0 Å². The third-order valence-corrected chi connectivity index (χ3v) is 4.74. The summed E-state index contributed by atoms with van der Waals surface area (Å²) >= 11 is 0. The number of oxime groups is 1. The summed E-state index contributed by atoms with van der Waals surface area (Å²) in [4.78, 5) is 43.6. The van der Waals surface area contributed by atoms with Gasteiger partial charge >= 0.3 is 0 Å². The van der Waals surface area contributed by atoms with Crippen LogP contribution in [0, 0.1) is 5.92 Å². The Labute approximate surface area is 138 Å². The summed E-state index contributed by atoms with van der Waals surface area (Å²) in [5.74, 6) is -0.657. The number of amides is 2. The number of nitrogens with one attached hydrogen (secondary N) is 1. The minimum absolute atomic E-state index is 0.202. The molecule has 2 aliphatic heterocycles. The standard InChI is InChI=1S/C16H18N4O4/c1-19-11(3-2-4-13(19)21)16(23)20-7-10-12(8-20)24-18-14(10)15(22)17-9-5-6-9/h2-4,9-10,12H,5-8H2,1H3,(H,17,22)/t10-,12+/m0/s1. The highest BCUT2D eigenvalue weighted by Gasteiger charge is 2.47. The van der Waals surface area contributed by atoms with Gasteiger partial charge in [0.05, 0.1) is 12.5 Å². The zero-order valence-electron chi connectivity index (χ0n) is 13.3. The second kappa shape index (κ2) is 5.47. The molecule has 0 bridgehead atoms. The van der Waals surface area contributed by atoms with Gasteiger partial charge in [0.1, 0.15) is 5.69 Å². The smallest absolute Gasteiger partial charge is 0.270 e. The Balaban J connectivity index is 1.49. The fourth-order valence-electron chi connectivity index (χ4n) is 3.14. The zero-order valence-corrected chi connectivity index (χ0v) is 13.3. The van der Waals surface area contributed by atoms with Gasteiger partial charge in [-0.1, -0.05) is 11.2 Å². The maximum Gasteiger partial charge on any atom is 0.270 e. The molecule has 126 valence electrons. The van der Waals surface area contributed by atoms with Gasteiger partial charge in [-0.15, -0.1) is 0 Å². The minimum atomic E-state index is -0.297. The van der Waals surface area contributed by atoms with E-state index in [-0.39, 0.29) is 35.4 Å². The number of hydrogen-bond acceptors (Lipinski definition) is 5. The molecular weight excluding hydrogens is 312 g/mol. The average molecular weight is 330 g/mol. The molecule has 1 saturated heterocycles. The Morgan fingerprint density at radius 2 is 2.08 bits per heavy atom. The molecule has 3 aliphatic rings. The maximum absolute atomic E-state index is 12.7. The number of pyridine rings is 1. The van der Waals surface area contributed by atoms with Crippen LogP contribution in [0.25, 0.3) is 0 Å². The fraction of sp³-hybridized carbons (Fsp3) is 0.500. The van der Waals surface area contributed by atoms with Crippen LogP contribution in [0.1, 0.15) is 23.3 Å². The molecule has 1 saturated carbocycles. The summed E-state index contributed by atoms with van der Waals surface area (Å²) < 4.78 is 1.33. The van der Waals surface area contributed by atoms with Crippen LogP contribution in [0.5, 0.6) is 0 Å². The monoisotopic (exact) mass is 330 g/mol. The van der Waals surface area contributed by atoms with Crippen LogP contribution >= 0.6 is 0 Å². The molecule has 0 radical (unpaired) electrons. The predicted octanol–water partition coefficient (Wildman–Crippen LogP) is -0.509. The van der Waals surface area contributed by atoms with Crippen molar-refractivity contribution in [2.24, 2.45) is 18.1 Å². The molecule has 0 spiro atoms. The number of nitrogens with zero attached hydrogens (tertiary/aromatic N) is 3. The number of carbonyl (C=O) groups excluding carboxylic acids is 2. The molecule has 24 heavy (non-hydrogen) atoms. The van der Waals surface area contributed by atoms with Gasteiger partial charge in [-0.3, -0.25) is 14.4 Å². The van der Waals surface area contributed by atoms with Crippen molar-refractivity contribution >= 4 is 17.5 Å². The molecule has 8 heteroatoms. The molecule has 3 heterocycles. The highest BCUT2D eigenvalue weighted by atomic mass is 16.6. The summed E-state index contributed by atoms with van der Waals surface area (Å²) in [6.45, 7) is 0.722. The van der Waals surface area contributed by atoms with E-state index < -0.39 is 0 Å². The van der Waals surface area contributed by atoms with Crippen LogP contribution in [0.3, 0.4) is 0 Å². The van der Waals surface area contributed by atoms with E-state index in [2.05, 4.69) is 10.5 Å². The van der Waals surface area contributed by atoms with Gasteiger partial charge in [0, 0.05) is 25.7 Å². The predicted molar refractivity (Wildman–Crippen MR) is 84.5 cm³/mol. The van der Waals surface area contributed by atoms with Crippen LogP contribution in [-0.2, 0) is 16.7 Å². The lowest BCUT2D eigenvalue weighted by Crippen LogP contribution is -2.38. The lowest BCUT2D eigenvalue weighted by atomic mass is 10.0. The number of aromatic nitrogens is 1. The van der Waals surface area contributed by atoms with E-state index in [0.717, 1.165) is 12.8 Å².